The summed E-state index contributed by atoms with van der Waals surface area (Å²) in [6.07, 6.45) is 2.09. The van der Waals surface area contributed by atoms with E-state index in [1.54, 1.807) is 12.5 Å². The molecule has 0 aliphatic rings. The Labute approximate surface area is 171 Å². The third-order valence-corrected chi connectivity index (χ3v) is 4.90. The summed E-state index contributed by atoms with van der Waals surface area (Å²) in [6.45, 7) is 0.389. The van der Waals surface area contributed by atoms with E-state index in [4.69, 9.17) is 4.74 Å². The predicted octanol–water partition coefficient (Wildman–Crippen LogP) is 2.34. The molecule has 3 N–H and O–H groups in total. The number of aromatic nitrogens is 2. The molecule has 0 aliphatic heterocycles. The van der Waals surface area contributed by atoms with Crippen molar-refractivity contribution in [2.24, 2.45) is 0 Å². The molecular formula is C20H20N4O4S. The van der Waals surface area contributed by atoms with Gasteiger partial charge in [-0.15, -0.1) is 11.3 Å². The van der Waals surface area contributed by atoms with Gasteiger partial charge in [0, 0.05) is 36.2 Å². The molecule has 29 heavy (non-hydrogen) atoms. The van der Waals surface area contributed by atoms with Crippen molar-refractivity contribution in [2.45, 2.75) is 19.4 Å². The number of methoxy groups -OCH3 is 1. The first-order valence-electron chi connectivity index (χ1n) is 8.88. The number of nitrogens with zero attached hydrogens (tertiary/aromatic N) is 1. The topological polar surface area (TPSA) is 113 Å². The van der Waals surface area contributed by atoms with Crippen molar-refractivity contribution in [1.82, 2.24) is 15.3 Å². The number of aryl methyl sites for hydroxylation is 1. The zero-order chi connectivity index (χ0) is 20.6. The van der Waals surface area contributed by atoms with Gasteiger partial charge < -0.3 is 15.0 Å². The molecule has 2 heterocycles. The van der Waals surface area contributed by atoms with Gasteiger partial charge in [0.25, 0.3) is 5.91 Å². The lowest BCUT2D eigenvalue weighted by Crippen LogP contribution is -2.23. The first kappa shape index (κ1) is 20.3. The van der Waals surface area contributed by atoms with E-state index in [2.05, 4.69) is 20.6 Å². The maximum atomic E-state index is 12.1. The third-order valence-electron chi connectivity index (χ3n) is 4.10. The monoisotopic (exact) mass is 412 g/mol. The number of carbonyl (C=O) groups is 2. The Balaban J connectivity index is 1.47. The summed E-state index contributed by atoms with van der Waals surface area (Å²) < 4.78 is 5.27. The van der Waals surface area contributed by atoms with Crippen molar-refractivity contribution in [3.05, 3.63) is 75.1 Å². The first-order chi connectivity index (χ1) is 14.0. The summed E-state index contributed by atoms with van der Waals surface area (Å²) in [6, 6.07) is 10.2. The van der Waals surface area contributed by atoms with Crippen LogP contribution in [-0.2, 0) is 17.8 Å². The fraction of sp³-hybridized carbons (Fsp3) is 0.200. The SMILES string of the molecule is COc1ccccc1CNC(=O)CCc1csc(NC(=O)c2ccc(=O)[nH]c2)n1. The van der Waals surface area contributed by atoms with Crippen LogP contribution in [0.25, 0.3) is 0 Å². The molecule has 0 bridgehead atoms. The smallest absolute Gasteiger partial charge is 0.258 e. The van der Waals surface area contributed by atoms with Crippen molar-refractivity contribution in [3.8, 4) is 5.75 Å². The lowest BCUT2D eigenvalue weighted by molar-refractivity contribution is -0.121. The number of thiazole rings is 1. The van der Waals surface area contributed by atoms with Gasteiger partial charge in [-0.1, -0.05) is 18.2 Å². The number of amides is 2. The van der Waals surface area contributed by atoms with E-state index in [0.29, 0.717) is 23.7 Å². The van der Waals surface area contributed by atoms with Gasteiger partial charge in [-0.2, -0.15) is 0 Å². The van der Waals surface area contributed by atoms with Crippen LogP contribution in [0.2, 0.25) is 0 Å². The maximum absolute atomic E-state index is 12.1. The van der Waals surface area contributed by atoms with Crippen molar-refractivity contribution < 1.29 is 14.3 Å². The highest BCUT2D eigenvalue weighted by atomic mass is 32.1. The van der Waals surface area contributed by atoms with Crippen molar-refractivity contribution >= 4 is 28.3 Å². The Morgan fingerprint density at radius 1 is 1.21 bits per heavy atom. The zero-order valence-corrected chi connectivity index (χ0v) is 16.5. The van der Waals surface area contributed by atoms with Crippen LogP contribution in [0.15, 0.2) is 52.8 Å². The summed E-state index contributed by atoms with van der Waals surface area (Å²) in [5, 5.41) is 7.78. The number of hydrogen-bond donors (Lipinski definition) is 3. The van der Waals surface area contributed by atoms with Crippen LogP contribution >= 0.6 is 11.3 Å². The molecule has 8 nitrogen and oxygen atoms in total. The van der Waals surface area contributed by atoms with E-state index in [9.17, 15) is 14.4 Å². The molecule has 0 spiro atoms. The number of carbonyl (C=O) groups excluding carboxylic acids is 2. The highest BCUT2D eigenvalue weighted by Gasteiger charge is 2.11. The lowest BCUT2D eigenvalue weighted by atomic mass is 10.2. The average Bonchev–Trinajstić information content (AvgIpc) is 3.18. The van der Waals surface area contributed by atoms with Crippen molar-refractivity contribution in [3.63, 3.8) is 0 Å². The minimum atomic E-state index is -0.364. The molecule has 0 aliphatic carbocycles. The number of hydrogen-bond acceptors (Lipinski definition) is 6. The van der Waals surface area contributed by atoms with E-state index in [0.717, 1.165) is 17.0 Å². The molecule has 0 atom stereocenters. The Hall–Kier alpha value is -3.46. The maximum Gasteiger partial charge on any atom is 0.258 e. The minimum Gasteiger partial charge on any atom is -0.496 e. The Bertz CT molecular complexity index is 1040. The number of pyridine rings is 1. The van der Waals surface area contributed by atoms with Crippen molar-refractivity contribution in [2.75, 3.05) is 12.4 Å². The van der Waals surface area contributed by atoms with Crippen molar-refractivity contribution in [1.29, 1.82) is 0 Å². The Kier molecular flexibility index (Phi) is 6.75. The standard InChI is InChI=1S/C20H20N4O4S/c1-28-16-5-3-2-4-13(16)10-21-18(26)9-7-15-12-29-20(23-15)24-19(27)14-6-8-17(25)22-11-14/h2-6,8,11-12H,7,9-10H2,1H3,(H,21,26)(H,22,25)(H,23,24,27). The number of nitrogens with one attached hydrogen (secondary N) is 3. The van der Waals surface area contributed by atoms with Gasteiger partial charge in [0.15, 0.2) is 5.13 Å². The quantitative estimate of drug-likeness (QED) is 0.526. The van der Waals surface area contributed by atoms with Crippen LogP contribution in [0, 0.1) is 0 Å². The molecule has 0 radical (unpaired) electrons. The summed E-state index contributed by atoms with van der Waals surface area (Å²) in [4.78, 5) is 42.1. The summed E-state index contributed by atoms with van der Waals surface area (Å²) in [7, 11) is 1.59. The number of H-pyrrole nitrogens is 1. The second-order valence-electron chi connectivity index (χ2n) is 6.13. The summed E-state index contributed by atoms with van der Waals surface area (Å²) in [5.74, 6) is 0.273. The van der Waals surface area contributed by atoms with Gasteiger partial charge in [-0.25, -0.2) is 4.98 Å². The second-order valence-corrected chi connectivity index (χ2v) is 6.99. The molecule has 9 heteroatoms. The number of para-hydroxylation sites is 1. The zero-order valence-electron chi connectivity index (χ0n) is 15.7. The molecule has 1 aromatic carbocycles. The molecular weight excluding hydrogens is 392 g/mol. The largest absolute Gasteiger partial charge is 0.496 e. The second kappa shape index (κ2) is 9.65. The van der Waals surface area contributed by atoms with Gasteiger partial charge in [0.2, 0.25) is 11.5 Å². The van der Waals surface area contributed by atoms with E-state index in [-0.39, 0.29) is 23.8 Å². The molecule has 3 rings (SSSR count). The molecule has 0 unspecified atom stereocenters. The summed E-state index contributed by atoms with van der Waals surface area (Å²) >= 11 is 1.28. The molecule has 2 aromatic heterocycles. The highest BCUT2D eigenvalue weighted by Crippen LogP contribution is 2.18. The lowest BCUT2D eigenvalue weighted by Gasteiger charge is -2.09. The number of anilines is 1. The van der Waals surface area contributed by atoms with Gasteiger partial charge in [0.05, 0.1) is 18.4 Å². The average molecular weight is 412 g/mol. The van der Waals surface area contributed by atoms with E-state index >= 15 is 0 Å². The third kappa shape index (κ3) is 5.76. The van der Waals surface area contributed by atoms with E-state index in [1.165, 1.54) is 29.7 Å². The number of rotatable bonds is 8. The fourth-order valence-electron chi connectivity index (χ4n) is 2.57. The predicted molar refractivity (Wildman–Crippen MR) is 110 cm³/mol. The van der Waals surface area contributed by atoms with E-state index in [1.807, 2.05) is 24.3 Å². The summed E-state index contributed by atoms with van der Waals surface area (Å²) in [5.41, 5.74) is 1.68. The van der Waals surface area contributed by atoms with Crippen LogP contribution in [0.3, 0.4) is 0 Å². The van der Waals surface area contributed by atoms with Gasteiger partial charge in [-0.3, -0.25) is 19.7 Å². The van der Waals surface area contributed by atoms with Crippen LogP contribution in [0.1, 0.15) is 28.0 Å². The van der Waals surface area contributed by atoms with Crippen LogP contribution < -0.4 is 20.9 Å². The number of ether oxygens (including phenoxy) is 1. The highest BCUT2D eigenvalue weighted by molar-refractivity contribution is 7.14. The fourth-order valence-corrected chi connectivity index (χ4v) is 3.31. The Morgan fingerprint density at radius 2 is 2.03 bits per heavy atom. The van der Waals surface area contributed by atoms with Gasteiger partial charge in [0.1, 0.15) is 5.75 Å². The number of benzene rings is 1. The van der Waals surface area contributed by atoms with Crippen LogP contribution in [0.4, 0.5) is 5.13 Å². The molecule has 3 aromatic rings. The molecule has 2 amide bonds. The van der Waals surface area contributed by atoms with Crippen LogP contribution in [0.5, 0.6) is 5.75 Å². The molecule has 150 valence electrons. The molecule has 0 saturated carbocycles. The first-order valence-corrected chi connectivity index (χ1v) is 9.76. The number of aromatic amines is 1. The normalized spacial score (nSPS) is 10.4. The van der Waals surface area contributed by atoms with E-state index < -0.39 is 0 Å². The van der Waals surface area contributed by atoms with Gasteiger partial charge in [-0.05, 0) is 18.6 Å². The molecule has 0 fully saturated rings. The Morgan fingerprint density at radius 3 is 2.79 bits per heavy atom. The van der Waals surface area contributed by atoms with Crippen LogP contribution in [-0.4, -0.2) is 28.9 Å². The van der Waals surface area contributed by atoms with Gasteiger partial charge >= 0.3 is 0 Å². The molecule has 0 saturated heterocycles. The minimum absolute atomic E-state index is 0.0947.